The Labute approximate surface area is 129 Å². The van der Waals surface area contributed by atoms with E-state index in [1.807, 2.05) is 30.3 Å². The van der Waals surface area contributed by atoms with E-state index in [0.29, 0.717) is 10.7 Å². The Kier molecular flexibility index (Phi) is 5.59. The van der Waals surface area contributed by atoms with Crippen LogP contribution in [0.1, 0.15) is 49.9 Å². The normalized spacial score (nSPS) is 14.4. The number of benzene rings is 2. The molecule has 0 saturated carbocycles. The average Bonchev–Trinajstić information content (AvgIpc) is 2.48. The molecule has 2 aromatic rings. The van der Waals surface area contributed by atoms with Gasteiger partial charge in [0.05, 0.1) is 0 Å². The zero-order valence-corrected chi connectivity index (χ0v) is 13.8. The third-order valence-corrected chi connectivity index (χ3v) is 5.31. The van der Waals surface area contributed by atoms with Crippen LogP contribution in [-0.2, 0) is 0 Å². The lowest BCUT2D eigenvalue weighted by molar-refractivity contribution is 0.447. The average molecular weight is 337 g/mol. The zero-order chi connectivity index (χ0) is 14.5. The second-order valence-electron chi connectivity index (χ2n) is 5.39. The van der Waals surface area contributed by atoms with Crippen molar-refractivity contribution in [3.05, 3.63) is 47.8 Å². The van der Waals surface area contributed by atoms with E-state index in [4.69, 9.17) is 0 Å². The standard InChI is InChI=1S/C18H22BrF/c1-3-5-8-13(4-2)18(19)16-11-12-17(20)15-10-7-6-9-14(15)16/h6-7,9-13,18H,3-5,8H2,1-2H3. The van der Waals surface area contributed by atoms with Crippen molar-refractivity contribution in [1.29, 1.82) is 0 Å². The van der Waals surface area contributed by atoms with Gasteiger partial charge in [0.15, 0.2) is 0 Å². The molecule has 0 heterocycles. The molecule has 108 valence electrons. The van der Waals surface area contributed by atoms with Crippen molar-refractivity contribution < 1.29 is 4.39 Å². The van der Waals surface area contributed by atoms with Crippen LogP contribution in [0.5, 0.6) is 0 Å². The molecule has 0 nitrogen and oxygen atoms in total. The Morgan fingerprint density at radius 2 is 1.75 bits per heavy atom. The smallest absolute Gasteiger partial charge is 0.131 e. The van der Waals surface area contributed by atoms with Crippen LogP contribution in [0.2, 0.25) is 0 Å². The number of unbranched alkanes of at least 4 members (excludes halogenated alkanes) is 1. The Hall–Kier alpha value is -0.890. The van der Waals surface area contributed by atoms with Gasteiger partial charge in [0.25, 0.3) is 0 Å². The predicted molar refractivity (Wildman–Crippen MR) is 88.9 cm³/mol. The van der Waals surface area contributed by atoms with Crippen molar-refractivity contribution in [2.24, 2.45) is 5.92 Å². The molecular weight excluding hydrogens is 315 g/mol. The topological polar surface area (TPSA) is 0 Å². The predicted octanol–water partition coefficient (Wildman–Crippen LogP) is 6.63. The van der Waals surface area contributed by atoms with Crippen LogP contribution in [0.25, 0.3) is 10.8 Å². The summed E-state index contributed by atoms with van der Waals surface area (Å²) in [5.74, 6) is 0.467. The maximum absolute atomic E-state index is 13.9. The maximum atomic E-state index is 13.9. The number of fused-ring (bicyclic) bond motifs is 1. The van der Waals surface area contributed by atoms with Gasteiger partial charge < -0.3 is 0 Å². The summed E-state index contributed by atoms with van der Waals surface area (Å²) < 4.78 is 13.9. The van der Waals surface area contributed by atoms with E-state index in [0.717, 1.165) is 17.2 Å². The third-order valence-electron chi connectivity index (χ3n) is 4.07. The van der Waals surface area contributed by atoms with Gasteiger partial charge in [0.1, 0.15) is 5.82 Å². The minimum atomic E-state index is -0.134. The van der Waals surface area contributed by atoms with Gasteiger partial charge in [-0.1, -0.05) is 79.4 Å². The van der Waals surface area contributed by atoms with Crippen molar-refractivity contribution in [3.63, 3.8) is 0 Å². The Bertz CT molecular complexity index is 564. The highest BCUT2D eigenvalue weighted by Gasteiger charge is 2.21. The van der Waals surface area contributed by atoms with Gasteiger partial charge in [-0.15, -0.1) is 0 Å². The molecule has 2 heteroatoms. The second-order valence-corrected chi connectivity index (χ2v) is 6.38. The molecule has 2 rings (SSSR count). The molecule has 0 fully saturated rings. The fourth-order valence-electron chi connectivity index (χ4n) is 2.80. The lowest BCUT2D eigenvalue weighted by Crippen LogP contribution is -2.07. The van der Waals surface area contributed by atoms with E-state index in [1.165, 1.54) is 24.8 Å². The number of hydrogen-bond donors (Lipinski definition) is 0. The fraction of sp³-hybridized carbons (Fsp3) is 0.444. The molecular formula is C18H22BrF. The minimum Gasteiger partial charge on any atom is -0.206 e. The van der Waals surface area contributed by atoms with E-state index >= 15 is 0 Å². The summed E-state index contributed by atoms with van der Waals surface area (Å²) >= 11 is 3.87. The second kappa shape index (κ2) is 7.21. The van der Waals surface area contributed by atoms with E-state index in [9.17, 15) is 4.39 Å². The number of alkyl halides is 1. The zero-order valence-electron chi connectivity index (χ0n) is 12.2. The molecule has 0 aromatic heterocycles. The van der Waals surface area contributed by atoms with E-state index in [-0.39, 0.29) is 5.82 Å². The molecule has 2 unspecified atom stereocenters. The highest BCUT2D eigenvalue weighted by atomic mass is 79.9. The van der Waals surface area contributed by atoms with Crippen molar-refractivity contribution in [2.75, 3.05) is 0 Å². The third kappa shape index (κ3) is 3.22. The van der Waals surface area contributed by atoms with Crippen LogP contribution >= 0.6 is 15.9 Å². The van der Waals surface area contributed by atoms with Crippen LogP contribution in [-0.4, -0.2) is 0 Å². The van der Waals surface area contributed by atoms with Gasteiger partial charge in [0.2, 0.25) is 0 Å². The van der Waals surface area contributed by atoms with Crippen LogP contribution in [0.4, 0.5) is 4.39 Å². The fourth-order valence-corrected chi connectivity index (χ4v) is 3.84. The molecule has 0 aliphatic rings. The highest BCUT2D eigenvalue weighted by Crippen LogP contribution is 2.39. The van der Waals surface area contributed by atoms with Crippen LogP contribution in [0.15, 0.2) is 36.4 Å². The van der Waals surface area contributed by atoms with Crippen molar-refractivity contribution in [2.45, 2.75) is 44.4 Å². The Morgan fingerprint density at radius 1 is 1.05 bits per heavy atom. The first kappa shape index (κ1) is 15.5. The summed E-state index contributed by atoms with van der Waals surface area (Å²) in [5, 5.41) is 1.75. The first-order valence-electron chi connectivity index (χ1n) is 7.50. The Balaban J connectivity index is 2.38. The van der Waals surface area contributed by atoms with Crippen molar-refractivity contribution in [1.82, 2.24) is 0 Å². The lowest BCUT2D eigenvalue weighted by Gasteiger charge is -2.23. The lowest BCUT2D eigenvalue weighted by atomic mass is 9.89. The summed E-state index contributed by atoms with van der Waals surface area (Å²) in [4.78, 5) is 0.296. The molecule has 0 radical (unpaired) electrons. The van der Waals surface area contributed by atoms with Gasteiger partial charge in [-0.2, -0.15) is 0 Å². The van der Waals surface area contributed by atoms with Crippen LogP contribution < -0.4 is 0 Å². The molecule has 0 aliphatic heterocycles. The molecule has 2 atom stereocenters. The largest absolute Gasteiger partial charge is 0.206 e. The molecule has 0 bridgehead atoms. The van der Waals surface area contributed by atoms with Gasteiger partial charge in [0, 0.05) is 10.2 Å². The number of rotatable bonds is 6. The van der Waals surface area contributed by atoms with Gasteiger partial charge in [-0.05, 0) is 29.4 Å². The maximum Gasteiger partial charge on any atom is 0.131 e. The molecule has 2 aromatic carbocycles. The Morgan fingerprint density at radius 3 is 2.40 bits per heavy atom. The SMILES string of the molecule is CCCCC(CC)C(Br)c1ccc(F)c2ccccc12. The summed E-state index contributed by atoms with van der Waals surface area (Å²) in [5.41, 5.74) is 1.21. The van der Waals surface area contributed by atoms with Gasteiger partial charge in [-0.25, -0.2) is 4.39 Å². The van der Waals surface area contributed by atoms with Crippen molar-refractivity contribution >= 4 is 26.7 Å². The molecule has 0 amide bonds. The highest BCUT2D eigenvalue weighted by molar-refractivity contribution is 9.09. The summed E-state index contributed by atoms with van der Waals surface area (Å²) in [6.07, 6.45) is 4.83. The quantitative estimate of drug-likeness (QED) is 0.519. The summed E-state index contributed by atoms with van der Waals surface area (Å²) in [6, 6.07) is 11.3. The molecule has 0 saturated heterocycles. The van der Waals surface area contributed by atoms with Gasteiger partial charge >= 0.3 is 0 Å². The van der Waals surface area contributed by atoms with E-state index < -0.39 is 0 Å². The van der Waals surface area contributed by atoms with Gasteiger partial charge in [-0.3, -0.25) is 0 Å². The summed E-state index contributed by atoms with van der Waals surface area (Å²) in [7, 11) is 0. The number of hydrogen-bond acceptors (Lipinski definition) is 0. The molecule has 0 spiro atoms. The first-order valence-corrected chi connectivity index (χ1v) is 8.41. The van der Waals surface area contributed by atoms with Crippen LogP contribution in [0.3, 0.4) is 0 Å². The summed E-state index contributed by atoms with van der Waals surface area (Å²) in [6.45, 7) is 4.46. The molecule has 0 aliphatic carbocycles. The van der Waals surface area contributed by atoms with Crippen molar-refractivity contribution in [3.8, 4) is 0 Å². The molecule has 0 N–H and O–H groups in total. The molecule has 20 heavy (non-hydrogen) atoms. The number of halogens is 2. The van der Waals surface area contributed by atoms with Crippen LogP contribution in [0, 0.1) is 11.7 Å². The van der Waals surface area contributed by atoms with E-state index in [1.54, 1.807) is 6.07 Å². The first-order chi connectivity index (χ1) is 9.69. The van der Waals surface area contributed by atoms with E-state index in [2.05, 4.69) is 29.8 Å². The minimum absolute atomic E-state index is 0.134. The monoisotopic (exact) mass is 336 g/mol.